The second kappa shape index (κ2) is 7.05. The molecular formula is C22H32N2O2. The fourth-order valence-corrected chi connectivity index (χ4v) is 3.93. The van der Waals surface area contributed by atoms with Crippen LogP contribution in [0.2, 0.25) is 0 Å². The summed E-state index contributed by atoms with van der Waals surface area (Å²) in [5, 5.41) is 2.99. The lowest BCUT2D eigenvalue weighted by Crippen LogP contribution is -2.49. The van der Waals surface area contributed by atoms with Crippen LogP contribution in [0.5, 0.6) is 0 Å². The molecule has 1 saturated carbocycles. The van der Waals surface area contributed by atoms with Crippen molar-refractivity contribution in [2.45, 2.75) is 77.7 Å². The largest absolute Gasteiger partial charge is 0.339 e. The molecule has 0 bridgehead atoms. The van der Waals surface area contributed by atoms with Crippen molar-refractivity contribution in [2.24, 2.45) is 5.41 Å². The molecule has 1 unspecified atom stereocenters. The minimum absolute atomic E-state index is 0.0489. The molecule has 0 radical (unpaired) electrons. The fourth-order valence-electron chi connectivity index (χ4n) is 3.93. The van der Waals surface area contributed by atoms with Gasteiger partial charge in [0.25, 0.3) is 0 Å². The monoisotopic (exact) mass is 356 g/mol. The normalized spacial score (nSPS) is 22.0. The summed E-state index contributed by atoms with van der Waals surface area (Å²) in [4.78, 5) is 28.0. The van der Waals surface area contributed by atoms with Gasteiger partial charge in [-0.05, 0) is 61.6 Å². The van der Waals surface area contributed by atoms with Gasteiger partial charge in [0.1, 0.15) is 5.41 Å². The lowest BCUT2D eigenvalue weighted by Gasteiger charge is -2.37. The van der Waals surface area contributed by atoms with E-state index in [0.717, 1.165) is 31.5 Å². The number of hydrogen-bond donors (Lipinski definition) is 1. The molecule has 1 atom stereocenters. The SMILES string of the molecule is CCC1CCCCN1C(=O)C1(C(=O)Nc2ccc(C(C)(C)C)cc2)CC1. The zero-order chi connectivity index (χ0) is 18.9. The molecule has 1 aliphatic carbocycles. The highest BCUT2D eigenvalue weighted by Crippen LogP contribution is 2.49. The topological polar surface area (TPSA) is 49.4 Å². The number of nitrogens with zero attached hydrogens (tertiary/aromatic N) is 1. The predicted molar refractivity (Wildman–Crippen MR) is 105 cm³/mol. The van der Waals surface area contributed by atoms with Gasteiger partial charge in [-0.2, -0.15) is 0 Å². The smallest absolute Gasteiger partial charge is 0.240 e. The Labute approximate surface area is 157 Å². The highest BCUT2D eigenvalue weighted by Gasteiger charge is 2.58. The first-order valence-corrected chi connectivity index (χ1v) is 10.0. The summed E-state index contributed by atoms with van der Waals surface area (Å²) in [5.74, 6) is -0.0840. The number of nitrogens with one attached hydrogen (secondary N) is 1. The number of amides is 2. The Hall–Kier alpha value is -1.84. The number of piperidine rings is 1. The minimum Gasteiger partial charge on any atom is -0.339 e. The number of likely N-dealkylation sites (tertiary alicyclic amines) is 1. The maximum absolute atomic E-state index is 13.1. The third-order valence-corrected chi connectivity index (χ3v) is 5.96. The molecule has 2 fully saturated rings. The van der Waals surface area contributed by atoms with Crippen LogP contribution in [-0.4, -0.2) is 29.3 Å². The van der Waals surface area contributed by atoms with Crippen LogP contribution in [0.15, 0.2) is 24.3 Å². The highest BCUT2D eigenvalue weighted by atomic mass is 16.2. The van der Waals surface area contributed by atoms with Gasteiger partial charge in [-0.3, -0.25) is 9.59 Å². The molecule has 3 rings (SSSR count). The lowest BCUT2D eigenvalue weighted by molar-refractivity contribution is -0.145. The molecular weight excluding hydrogens is 324 g/mol. The number of carbonyl (C=O) groups excluding carboxylic acids is 2. The molecule has 1 saturated heterocycles. The summed E-state index contributed by atoms with van der Waals surface area (Å²) in [6, 6.07) is 8.28. The second-order valence-electron chi connectivity index (χ2n) is 8.92. The Balaban J connectivity index is 1.70. The zero-order valence-corrected chi connectivity index (χ0v) is 16.6. The Morgan fingerprint density at radius 2 is 1.81 bits per heavy atom. The summed E-state index contributed by atoms with van der Waals surface area (Å²) in [7, 11) is 0. The van der Waals surface area contributed by atoms with Crippen LogP contribution in [0.25, 0.3) is 0 Å². The highest BCUT2D eigenvalue weighted by molar-refractivity contribution is 6.13. The van der Waals surface area contributed by atoms with E-state index >= 15 is 0 Å². The van der Waals surface area contributed by atoms with Gasteiger partial charge < -0.3 is 10.2 Å². The van der Waals surface area contributed by atoms with Crippen LogP contribution in [-0.2, 0) is 15.0 Å². The van der Waals surface area contributed by atoms with Gasteiger partial charge in [0.15, 0.2) is 0 Å². The molecule has 0 spiro atoms. The summed E-state index contributed by atoms with van der Waals surface area (Å²) >= 11 is 0. The summed E-state index contributed by atoms with van der Waals surface area (Å²) in [5.41, 5.74) is 1.26. The standard InChI is InChI=1S/C22H32N2O2/c1-5-18-8-6-7-15-24(18)20(26)22(13-14-22)19(25)23-17-11-9-16(10-12-17)21(2,3)4/h9-12,18H,5-8,13-15H2,1-4H3,(H,23,25). The van der Waals surface area contributed by atoms with E-state index in [4.69, 9.17) is 0 Å². The van der Waals surface area contributed by atoms with E-state index < -0.39 is 5.41 Å². The van der Waals surface area contributed by atoms with Crippen LogP contribution in [0, 0.1) is 5.41 Å². The average Bonchev–Trinajstić information content (AvgIpc) is 3.42. The number of benzene rings is 1. The first-order chi connectivity index (χ1) is 12.3. The van der Waals surface area contributed by atoms with E-state index in [2.05, 4.69) is 45.1 Å². The van der Waals surface area contributed by atoms with E-state index in [1.54, 1.807) is 0 Å². The Morgan fingerprint density at radius 1 is 1.15 bits per heavy atom. The molecule has 26 heavy (non-hydrogen) atoms. The van der Waals surface area contributed by atoms with E-state index in [1.165, 1.54) is 12.0 Å². The Kier molecular flexibility index (Phi) is 5.14. The van der Waals surface area contributed by atoms with E-state index in [1.807, 2.05) is 17.0 Å². The first kappa shape index (κ1) is 18.9. The molecule has 4 heteroatoms. The molecule has 2 aliphatic rings. The first-order valence-electron chi connectivity index (χ1n) is 10.0. The van der Waals surface area contributed by atoms with E-state index in [0.29, 0.717) is 18.9 Å². The second-order valence-corrected chi connectivity index (χ2v) is 8.92. The number of hydrogen-bond acceptors (Lipinski definition) is 2. The van der Waals surface area contributed by atoms with Crippen molar-refractivity contribution in [3.8, 4) is 0 Å². The molecule has 1 aromatic carbocycles. The minimum atomic E-state index is -0.826. The third-order valence-electron chi connectivity index (χ3n) is 5.96. The number of anilines is 1. The van der Waals surface area contributed by atoms with Crippen LogP contribution in [0.4, 0.5) is 5.69 Å². The van der Waals surface area contributed by atoms with E-state index in [-0.39, 0.29) is 17.2 Å². The van der Waals surface area contributed by atoms with Crippen LogP contribution in [0.1, 0.15) is 71.8 Å². The molecule has 1 N–H and O–H groups in total. The van der Waals surface area contributed by atoms with Crippen LogP contribution in [0.3, 0.4) is 0 Å². The molecule has 0 aromatic heterocycles. The van der Waals surface area contributed by atoms with Crippen molar-refractivity contribution in [1.29, 1.82) is 0 Å². The van der Waals surface area contributed by atoms with Gasteiger partial charge in [-0.1, -0.05) is 39.8 Å². The molecule has 1 aliphatic heterocycles. The van der Waals surface area contributed by atoms with Gasteiger partial charge in [-0.25, -0.2) is 0 Å². The summed E-state index contributed by atoms with van der Waals surface area (Å²) in [6.45, 7) is 9.43. The quantitative estimate of drug-likeness (QED) is 0.808. The van der Waals surface area contributed by atoms with Gasteiger partial charge in [-0.15, -0.1) is 0 Å². The maximum atomic E-state index is 13.1. The van der Waals surface area contributed by atoms with Gasteiger partial charge in [0.05, 0.1) is 0 Å². The molecule has 1 aromatic rings. The Morgan fingerprint density at radius 3 is 2.35 bits per heavy atom. The predicted octanol–water partition coefficient (Wildman–Crippen LogP) is 4.49. The molecule has 4 nitrogen and oxygen atoms in total. The molecule has 1 heterocycles. The van der Waals surface area contributed by atoms with Gasteiger partial charge in [0, 0.05) is 18.3 Å². The third kappa shape index (κ3) is 3.65. The maximum Gasteiger partial charge on any atom is 0.240 e. The van der Waals surface area contributed by atoms with Crippen LogP contribution < -0.4 is 5.32 Å². The van der Waals surface area contributed by atoms with Crippen LogP contribution >= 0.6 is 0 Å². The number of rotatable bonds is 4. The summed E-state index contributed by atoms with van der Waals surface area (Å²) < 4.78 is 0. The van der Waals surface area contributed by atoms with Crippen molar-refractivity contribution in [3.05, 3.63) is 29.8 Å². The fraction of sp³-hybridized carbons (Fsp3) is 0.636. The molecule has 142 valence electrons. The van der Waals surface area contributed by atoms with Crippen molar-refractivity contribution in [2.75, 3.05) is 11.9 Å². The Bertz CT molecular complexity index is 668. The average molecular weight is 357 g/mol. The zero-order valence-electron chi connectivity index (χ0n) is 16.6. The van der Waals surface area contributed by atoms with Crippen molar-refractivity contribution < 1.29 is 9.59 Å². The van der Waals surface area contributed by atoms with Gasteiger partial charge in [0.2, 0.25) is 11.8 Å². The van der Waals surface area contributed by atoms with Crippen molar-refractivity contribution in [1.82, 2.24) is 4.90 Å². The number of carbonyl (C=O) groups is 2. The van der Waals surface area contributed by atoms with Gasteiger partial charge >= 0.3 is 0 Å². The van der Waals surface area contributed by atoms with Crippen molar-refractivity contribution in [3.63, 3.8) is 0 Å². The summed E-state index contributed by atoms with van der Waals surface area (Å²) in [6.07, 6.45) is 5.61. The van der Waals surface area contributed by atoms with Crippen molar-refractivity contribution >= 4 is 17.5 Å². The van der Waals surface area contributed by atoms with E-state index in [9.17, 15) is 9.59 Å². The molecule has 2 amide bonds. The lowest BCUT2D eigenvalue weighted by atomic mass is 9.87.